The fraction of sp³-hybridized carbons (Fsp3) is 0.281. The van der Waals surface area contributed by atoms with Crippen molar-refractivity contribution in [3.8, 4) is 0 Å². The molecule has 0 aromatic heterocycles. The second-order valence-electron chi connectivity index (χ2n) is 10.6. The summed E-state index contributed by atoms with van der Waals surface area (Å²) in [5.41, 5.74) is 6.04. The van der Waals surface area contributed by atoms with Gasteiger partial charge in [-0.1, -0.05) is 54.1 Å². The number of nitrogens with zero attached hydrogens (tertiary/aromatic N) is 4. The molecular formula is C32H34N4O3. The normalized spacial score (nSPS) is 15.1. The first-order chi connectivity index (χ1) is 18.8. The van der Waals surface area contributed by atoms with Crippen LogP contribution < -0.4 is 4.90 Å². The van der Waals surface area contributed by atoms with Crippen LogP contribution in [0, 0.1) is 6.92 Å². The molecule has 5 rings (SSSR count). The van der Waals surface area contributed by atoms with Crippen molar-refractivity contribution >= 4 is 23.4 Å². The fourth-order valence-electron chi connectivity index (χ4n) is 5.06. The molecule has 0 saturated carbocycles. The summed E-state index contributed by atoms with van der Waals surface area (Å²) in [5, 5.41) is 0. The van der Waals surface area contributed by atoms with Gasteiger partial charge in [0.2, 0.25) is 5.91 Å². The van der Waals surface area contributed by atoms with Crippen LogP contribution in [0.2, 0.25) is 0 Å². The van der Waals surface area contributed by atoms with E-state index in [2.05, 4.69) is 17.0 Å². The number of fused-ring (bicyclic) bond motifs is 1. The highest BCUT2D eigenvalue weighted by atomic mass is 16.2. The second-order valence-corrected chi connectivity index (χ2v) is 10.6. The maximum atomic E-state index is 13.7. The van der Waals surface area contributed by atoms with Gasteiger partial charge in [-0.25, -0.2) is 0 Å². The molecule has 0 unspecified atom stereocenters. The van der Waals surface area contributed by atoms with Crippen LogP contribution in [0.1, 0.15) is 43.0 Å². The molecule has 0 radical (unpaired) electrons. The highest BCUT2D eigenvalue weighted by molar-refractivity contribution is 6.02. The van der Waals surface area contributed by atoms with Gasteiger partial charge in [-0.05, 0) is 68.0 Å². The monoisotopic (exact) mass is 522 g/mol. The molecule has 2 aliphatic heterocycles. The highest BCUT2D eigenvalue weighted by Gasteiger charge is 2.30. The maximum absolute atomic E-state index is 13.7. The molecular weight excluding hydrogens is 488 g/mol. The van der Waals surface area contributed by atoms with Gasteiger partial charge in [0.05, 0.1) is 6.54 Å². The summed E-state index contributed by atoms with van der Waals surface area (Å²) in [7, 11) is 4.02. The lowest BCUT2D eigenvalue weighted by atomic mass is 10.1. The van der Waals surface area contributed by atoms with E-state index in [0.29, 0.717) is 37.3 Å². The molecule has 0 saturated heterocycles. The van der Waals surface area contributed by atoms with Crippen molar-refractivity contribution in [2.24, 2.45) is 0 Å². The zero-order valence-electron chi connectivity index (χ0n) is 22.8. The van der Waals surface area contributed by atoms with Crippen molar-refractivity contribution in [2.75, 3.05) is 38.6 Å². The summed E-state index contributed by atoms with van der Waals surface area (Å²) < 4.78 is 0. The smallest absolute Gasteiger partial charge is 0.254 e. The van der Waals surface area contributed by atoms with Crippen molar-refractivity contribution < 1.29 is 14.4 Å². The lowest BCUT2D eigenvalue weighted by molar-refractivity contribution is -0.119. The van der Waals surface area contributed by atoms with E-state index in [4.69, 9.17) is 0 Å². The summed E-state index contributed by atoms with van der Waals surface area (Å²) in [6.07, 6.45) is 3.98. The number of benzene rings is 3. The van der Waals surface area contributed by atoms with Crippen molar-refractivity contribution in [1.29, 1.82) is 0 Å². The number of carbonyl (C=O) groups excluding carboxylic acids is 3. The van der Waals surface area contributed by atoms with Crippen LogP contribution in [-0.4, -0.2) is 66.2 Å². The quantitative estimate of drug-likeness (QED) is 0.454. The molecule has 0 aliphatic carbocycles. The van der Waals surface area contributed by atoms with E-state index < -0.39 is 0 Å². The third-order valence-electron chi connectivity index (χ3n) is 7.16. The number of rotatable bonds is 6. The molecule has 0 atom stereocenters. The number of anilines is 1. The SMILES string of the molecule is Cc1ccc(C(=O)N2CC(=O)N(Cc3ccc(C(=O)N4CC=CC4)cc3)c3cc(CN(C)C)ccc3C2)cc1. The average molecular weight is 523 g/mol. The van der Waals surface area contributed by atoms with Gasteiger partial charge < -0.3 is 19.6 Å². The average Bonchev–Trinajstić information content (AvgIpc) is 3.43. The molecule has 2 heterocycles. The maximum Gasteiger partial charge on any atom is 0.254 e. The minimum absolute atomic E-state index is 0.00123. The third-order valence-corrected chi connectivity index (χ3v) is 7.16. The number of amides is 3. The summed E-state index contributed by atoms with van der Waals surface area (Å²) in [5.74, 6) is -0.298. The van der Waals surface area contributed by atoms with Gasteiger partial charge in [0.15, 0.2) is 0 Å². The van der Waals surface area contributed by atoms with Gasteiger partial charge in [-0.2, -0.15) is 0 Å². The van der Waals surface area contributed by atoms with Gasteiger partial charge in [-0.3, -0.25) is 14.4 Å². The summed E-state index contributed by atoms with van der Waals surface area (Å²) >= 11 is 0. The standard InChI is InChI=1S/C32H34N4O3/c1-23-6-11-26(12-7-23)32(39)35-21-28-15-10-25(19-33(2)3)18-29(28)36(30(37)22-35)20-24-8-13-27(14-9-24)31(38)34-16-4-5-17-34/h4-15,18H,16-17,19-22H2,1-3H3. The van der Waals surface area contributed by atoms with E-state index in [-0.39, 0.29) is 24.3 Å². The first-order valence-corrected chi connectivity index (χ1v) is 13.2. The van der Waals surface area contributed by atoms with Crippen LogP contribution in [0.4, 0.5) is 5.69 Å². The Balaban J connectivity index is 1.43. The zero-order valence-corrected chi connectivity index (χ0v) is 22.8. The fourth-order valence-corrected chi connectivity index (χ4v) is 5.06. The Kier molecular flexibility index (Phi) is 7.61. The molecule has 39 heavy (non-hydrogen) atoms. The zero-order chi connectivity index (χ0) is 27.5. The minimum Gasteiger partial charge on any atom is -0.331 e. The third kappa shape index (κ3) is 5.94. The number of aryl methyl sites for hydroxylation is 1. The largest absolute Gasteiger partial charge is 0.331 e. The molecule has 0 N–H and O–H groups in total. The Morgan fingerprint density at radius 1 is 0.769 bits per heavy atom. The van der Waals surface area contributed by atoms with E-state index in [0.717, 1.165) is 34.5 Å². The number of carbonyl (C=O) groups is 3. The summed E-state index contributed by atoms with van der Waals surface area (Å²) in [4.78, 5) is 47.2. The Morgan fingerprint density at radius 3 is 2.00 bits per heavy atom. The van der Waals surface area contributed by atoms with E-state index in [1.54, 1.807) is 14.7 Å². The lowest BCUT2D eigenvalue weighted by Crippen LogP contribution is -2.39. The van der Waals surface area contributed by atoms with Crippen LogP contribution >= 0.6 is 0 Å². The minimum atomic E-state index is -0.159. The number of hydrogen-bond acceptors (Lipinski definition) is 4. The Hall–Kier alpha value is -4.23. The molecule has 3 amide bonds. The van der Waals surface area contributed by atoms with Crippen molar-refractivity contribution in [1.82, 2.24) is 14.7 Å². The molecule has 0 spiro atoms. The molecule has 7 heteroatoms. The molecule has 2 aliphatic rings. The van der Waals surface area contributed by atoms with Gasteiger partial charge in [-0.15, -0.1) is 0 Å². The molecule has 3 aromatic carbocycles. The molecule has 7 nitrogen and oxygen atoms in total. The molecule has 0 fully saturated rings. The van der Waals surface area contributed by atoms with Crippen LogP contribution in [0.15, 0.2) is 78.9 Å². The first-order valence-electron chi connectivity index (χ1n) is 13.2. The summed E-state index contributed by atoms with van der Waals surface area (Å²) in [6, 6.07) is 21.1. The van der Waals surface area contributed by atoms with Crippen LogP contribution in [-0.2, 0) is 24.4 Å². The van der Waals surface area contributed by atoms with E-state index in [1.165, 1.54) is 0 Å². The van der Waals surface area contributed by atoms with Gasteiger partial charge in [0.1, 0.15) is 6.54 Å². The Bertz CT molecular complexity index is 1400. The molecule has 200 valence electrons. The summed E-state index contributed by atoms with van der Waals surface area (Å²) in [6.45, 7) is 4.68. The van der Waals surface area contributed by atoms with Crippen molar-refractivity contribution in [3.05, 3.63) is 112 Å². The van der Waals surface area contributed by atoms with Crippen molar-refractivity contribution in [2.45, 2.75) is 26.6 Å². The number of hydrogen-bond donors (Lipinski definition) is 0. The topological polar surface area (TPSA) is 64.2 Å². The predicted molar refractivity (Wildman–Crippen MR) is 152 cm³/mol. The second kappa shape index (κ2) is 11.3. The van der Waals surface area contributed by atoms with Crippen LogP contribution in [0.5, 0.6) is 0 Å². The predicted octanol–water partition coefficient (Wildman–Crippen LogP) is 4.26. The van der Waals surface area contributed by atoms with Gasteiger partial charge in [0, 0.05) is 43.0 Å². The van der Waals surface area contributed by atoms with Crippen LogP contribution in [0.3, 0.4) is 0 Å². The first kappa shape index (κ1) is 26.4. The van der Waals surface area contributed by atoms with Crippen molar-refractivity contribution in [3.63, 3.8) is 0 Å². The van der Waals surface area contributed by atoms with E-state index in [1.807, 2.05) is 87.8 Å². The highest BCUT2D eigenvalue weighted by Crippen LogP contribution is 2.30. The van der Waals surface area contributed by atoms with Crippen LogP contribution in [0.25, 0.3) is 0 Å². The Morgan fingerprint density at radius 2 is 1.36 bits per heavy atom. The lowest BCUT2D eigenvalue weighted by Gasteiger charge is -2.24. The van der Waals surface area contributed by atoms with E-state index >= 15 is 0 Å². The molecule has 3 aromatic rings. The molecule has 0 bridgehead atoms. The van der Waals surface area contributed by atoms with Gasteiger partial charge in [0.25, 0.3) is 11.8 Å². The van der Waals surface area contributed by atoms with E-state index in [9.17, 15) is 14.4 Å². The Labute approximate surface area is 229 Å². The van der Waals surface area contributed by atoms with Gasteiger partial charge >= 0.3 is 0 Å².